The molecule has 6 unspecified atom stereocenters. The minimum atomic E-state index is -1.40. The van der Waals surface area contributed by atoms with Crippen LogP contribution in [-0.4, -0.2) is 28.7 Å². The molecule has 1 saturated carbocycles. The van der Waals surface area contributed by atoms with Gasteiger partial charge in [0.15, 0.2) is 0 Å². The summed E-state index contributed by atoms with van der Waals surface area (Å²) in [5.41, 5.74) is 1.06. The predicted octanol–water partition coefficient (Wildman–Crippen LogP) is 6.92. The molecule has 7 nitrogen and oxygen atoms in total. The van der Waals surface area contributed by atoms with E-state index in [0.717, 1.165) is 16.5 Å². The second kappa shape index (κ2) is 10.4. The van der Waals surface area contributed by atoms with E-state index in [1.54, 1.807) is 43.3 Å². The molecule has 4 aliphatic rings. The Morgan fingerprint density at radius 3 is 2.31 bits per heavy atom. The first-order valence-electron chi connectivity index (χ1n) is 14.6. The molecule has 3 aromatic rings. The highest BCUT2D eigenvalue weighted by Crippen LogP contribution is 2.64. The fourth-order valence-electron chi connectivity index (χ4n) is 8.00. The van der Waals surface area contributed by atoms with Gasteiger partial charge in [0.25, 0.3) is 0 Å². The minimum absolute atomic E-state index is 0.116. The number of anilines is 2. The number of amides is 4. The number of fused-ring (bicyclic) bond motifs is 4. The van der Waals surface area contributed by atoms with Crippen LogP contribution in [0.25, 0.3) is 6.08 Å². The molecule has 1 N–H and O–H groups in total. The van der Waals surface area contributed by atoms with Gasteiger partial charge in [-0.1, -0.05) is 59.6 Å². The molecule has 0 spiro atoms. The molecule has 45 heavy (non-hydrogen) atoms. The fraction of sp³-hybridized carbons (Fsp3) is 0.257. The molecule has 3 fully saturated rings. The number of phenolic OH excluding ortho intramolecular Hbond substituents is 1. The van der Waals surface area contributed by atoms with Gasteiger partial charge in [-0.05, 0) is 79.8 Å². The van der Waals surface area contributed by atoms with Crippen molar-refractivity contribution in [3.05, 3.63) is 106 Å². The lowest BCUT2D eigenvalue weighted by Gasteiger charge is -2.49. The zero-order valence-corrected chi connectivity index (χ0v) is 25.6. The van der Waals surface area contributed by atoms with E-state index in [0.29, 0.717) is 21.8 Å². The quantitative estimate of drug-likeness (QED) is 0.246. The molecule has 6 atom stereocenters. The van der Waals surface area contributed by atoms with Crippen LogP contribution in [0.1, 0.15) is 36.8 Å². The number of halogens is 3. The minimum Gasteiger partial charge on any atom is -0.508 e. The second-order valence-electron chi connectivity index (χ2n) is 12.3. The van der Waals surface area contributed by atoms with Gasteiger partial charge in [-0.3, -0.25) is 24.1 Å². The van der Waals surface area contributed by atoms with Crippen LogP contribution in [0.3, 0.4) is 0 Å². The van der Waals surface area contributed by atoms with Crippen LogP contribution in [-0.2, 0) is 19.2 Å². The number of imide groups is 2. The zero-order valence-electron chi connectivity index (χ0n) is 24.0. The predicted molar refractivity (Wildman–Crippen MR) is 168 cm³/mol. The van der Waals surface area contributed by atoms with Gasteiger partial charge in [-0.15, -0.1) is 0 Å². The fourth-order valence-corrected chi connectivity index (χ4v) is 8.36. The number of hydrogen-bond donors (Lipinski definition) is 1. The molecular weight excluding hydrogens is 618 g/mol. The largest absolute Gasteiger partial charge is 0.508 e. The first-order valence-corrected chi connectivity index (χ1v) is 15.3. The highest BCUT2D eigenvalue weighted by molar-refractivity contribution is 6.32. The van der Waals surface area contributed by atoms with Crippen molar-refractivity contribution in [2.45, 2.75) is 25.7 Å². The van der Waals surface area contributed by atoms with Gasteiger partial charge < -0.3 is 5.11 Å². The molecule has 7 rings (SSSR count). The Morgan fingerprint density at radius 2 is 1.62 bits per heavy atom. The van der Waals surface area contributed by atoms with E-state index in [9.17, 15) is 28.7 Å². The first kappa shape index (κ1) is 29.4. The van der Waals surface area contributed by atoms with Crippen molar-refractivity contribution in [2.75, 3.05) is 9.80 Å². The summed E-state index contributed by atoms with van der Waals surface area (Å²) in [7, 11) is 0. The molecule has 4 amide bonds. The summed E-state index contributed by atoms with van der Waals surface area (Å²) < 4.78 is 14.1. The number of allylic oxidation sites excluding steroid dienone is 2. The molecular formula is C35H27Cl2FN2O5. The van der Waals surface area contributed by atoms with Crippen molar-refractivity contribution in [1.82, 2.24) is 0 Å². The maximum absolute atomic E-state index is 14.4. The normalized spacial score (nSPS) is 29.0. The Balaban J connectivity index is 1.37. The van der Waals surface area contributed by atoms with Gasteiger partial charge >= 0.3 is 0 Å². The Kier molecular flexibility index (Phi) is 6.80. The molecule has 228 valence electrons. The number of hydrogen-bond acceptors (Lipinski definition) is 5. The van der Waals surface area contributed by atoms with E-state index in [-0.39, 0.29) is 41.1 Å². The molecule has 0 radical (unpaired) electrons. The topological polar surface area (TPSA) is 95.0 Å². The lowest BCUT2D eigenvalue weighted by atomic mass is 9.51. The molecule has 0 bridgehead atoms. The first-order chi connectivity index (χ1) is 21.5. The Hall–Kier alpha value is -4.27. The number of rotatable bonds is 4. The van der Waals surface area contributed by atoms with Crippen LogP contribution >= 0.6 is 23.2 Å². The van der Waals surface area contributed by atoms with Crippen molar-refractivity contribution in [1.29, 1.82) is 0 Å². The maximum Gasteiger partial charge on any atom is 0.241 e. The van der Waals surface area contributed by atoms with E-state index >= 15 is 0 Å². The van der Waals surface area contributed by atoms with E-state index < -0.39 is 52.6 Å². The Bertz CT molecular complexity index is 1870. The lowest BCUT2D eigenvalue weighted by molar-refractivity contribution is -0.131. The van der Waals surface area contributed by atoms with Crippen molar-refractivity contribution >= 4 is 64.3 Å². The molecule has 2 heterocycles. The average Bonchev–Trinajstić information content (AvgIpc) is 3.39. The second-order valence-corrected chi connectivity index (χ2v) is 13.1. The third kappa shape index (κ3) is 4.15. The average molecular weight is 646 g/mol. The molecule has 10 heteroatoms. The van der Waals surface area contributed by atoms with Crippen molar-refractivity contribution in [3.8, 4) is 5.75 Å². The summed E-state index contributed by atoms with van der Waals surface area (Å²) >= 11 is 12.5. The summed E-state index contributed by atoms with van der Waals surface area (Å²) in [4.78, 5) is 58.8. The summed E-state index contributed by atoms with van der Waals surface area (Å²) in [6.07, 6.45) is 3.93. The van der Waals surface area contributed by atoms with Crippen LogP contribution in [0.4, 0.5) is 15.8 Å². The number of carbonyl (C=O) groups excluding carboxylic acids is 4. The van der Waals surface area contributed by atoms with Crippen LogP contribution in [0.2, 0.25) is 10.0 Å². The summed E-state index contributed by atoms with van der Waals surface area (Å²) in [5, 5.41) is 11.2. The van der Waals surface area contributed by atoms with Gasteiger partial charge in [0.1, 0.15) is 11.6 Å². The van der Waals surface area contributed by atoms with Crippen molar-refractivity contribution in [2.24, 2.45) is 29.1 Å². The number of benzene rings is 3. The van der Waals surface area contributed by atoms with Crippen LogP contribution < -0.4 is 9.80 Å². The van der Waals surface area contributed by atoms with Crippen LogP contribution in [0, 0.1) is 34.9 Å². The lowest BCUT2D eigenvalue weighted by Crippen LogP contribution is -2.48. The smallest absolute Gasteiger partial charge is 0.241 e. The van der Waals surface area contributed by atoms with Gasteiger partial charge in [0, 0.05) is 16.5 Å². The number of carbonyl (C=O) groups is 4. The summed E-state index contributed by atoms with van der Waals surface area (Å²) in [6, 6.07) is 15.1. The molecule has 0 aromatic heterocycles. The monoisotopic (exact) mass is 644 g/mol. The maximum atomic E-state index is 14.4. The van der Waals surface area contributed by atoms with E-state index in [2.05, 4.69) is 6.58 Å². The van der Waals surface area contributed by atoms with E-state index in [1.165, 1.54) is 29.2 Å². The Labute approximate surface area is 268 Å². The van der Waals surface area contributed by atoms with E-state index in [4.69, 9.17) is 23.2 Å². The van der Waals surface area contributed by atoms with E-state index in [1.807, 2.05) is 6.08 Å². The zero-order chi connectivity index (χ0) is 31.9. The van der Waals surface area contributed by atoms with Crippen LogP contribution in [0.15, 0.2) is 78.9 Å². The third-order valence-electron chi connectivity index (χ3n) is 10.1. The number of nitrogens with zero attached hydrogens (tertiary/aromatic N) is 2. The Morgan fingerprint density at radius 1 is 0.911 bits per heavy atom. The molecule has 2 aliphatic carbocycles. The highest BCUT2D eigenvalue weighted by Gasteiger charge is 2.68. The SMILES string of the molecule is C=Cc1ccc(N2C(=O)C3CC=C4C(CC5C(=O)N(c6ccc(F)c(Cl)c6)C(=O)C5(C)C4c4cc(Cl)ccc4O)C3C2=O)cc1. The third-order valence-corrected chi connectivity index (χ3v) is 10.6. The van der Waals surface area contributed by atoms with Gasteiger partial charge in [0.05, 0.1) is 39.6 Å². The summed E-state index contributed by atoms with van der Waals surface area (Å²) in [5.74, 6) is -6.34. The van der Waals surface area contributed by atoms with Gasteiger partial charge in [-0.2, -0.15) is 0 Å². The number of phenols is 1. The number of aromatic hydroxyl groups is 1. The standard InChI is InChI=1S/C35H27Cl2FN2O5/c1-3-17-4-7-19(8-5-17)39-31(42)22-11-10-21-23(29(22)33(39)44)16-25-32(43)40(20-9-12-27(38)26(37)15-20)34(45)35(25,2)30(21)24-14-18(36)6-13-28(24)41/h3-10,12-15,22-23,25,29-30,41H,1,11,16H2,2H3. The highest BCUT2D eigenvalue weighted by atomic mass is 35.5. The van der Waals surface area contributed by atoms with Gasteiger partial charge in [-0.25, -0.2) is 9.29 Å². The van der Waals surface area contributed by atoms with Crippen molar-refractivity contribution in [3.63, 3.8) is 0 Å². The molecule has 2 aliphatic heterocycles. The van der Waals surface area contributed by atoms with Crippen molar-refractivity contribution < 1.29 is 28.7 Å². The molecule has 3 aromatic carbocycles. The molecule has 2 saturated heterocycles. The van der Waals surface area contributed by atoms with Crippen LogP contribution in [0.5, 0.6) is 5.75 Å². The van der Waals surface area contributed by atoms with Gasteiger partial charge in [0.2, 0.25) is 23.6 Å². The summed E-state index contributed by atoms with van der Waals surface area (Å²) in [6.45, 7) is 5.44.